The third-order valence-electron chi connectivity index (χ3n) is 2.58. The van der Waals surface area contributed by atoms with Gasteiger partial charge in [-0.05, 0) is 36.8 Å². The number of anilines is 1. The van der Waals surface area contributed by atoms with Crippen molar-refractivity contribution in [3.05, 3.63) is 28.8 Å². The van der Waals surface area contributed by atoms with Crippen molar-refractivity contribution in [2.75, 3.05) is 16.8 Å². The minimum Gasteiger partial charge on any atom is -0.480 e. The smallest absolute Gasteiger partial charge is 0.320 e. The van der Waals surface area contributed by atoms with Crippen LogP contribution in [-0.4, -0.2) is 34.5 Å². The second kappa shape index (κ2) is 8.14. The number of hydrogen-bond acceptors (Lipinski definition) is 4. The maximum Gasteiger partial charge on any atom is 0.320 e. The molecule has 0 aliphatic carbocycles. The van der Waals surface area contributed by atoms with E-state index in [4.69, 9.17) is 22.4 Å². The Morgan fingerprint density at radius 1 is 1.50 bits per heavy atom. The summed E-state index contributed by atoms with van der Waals surface area (Å²) in [5, 5.41) is 11.9. The summed E-state index contributed by atoms with van der Waals surface area (Å²) >= 11 is 7.31. The lowest BCUT2D eigenvalue weighted by Crippen LogP contribution is -2.30. The Morgan fingerprint density at radius 2 is 2.20 bits per heavy atom. The van der Waals surface area contributed by atoms with Gasteiger partial charge in [0.1, 0.15) is 6.04 Å². The molecule has 1 rings (SSSR count). The number of benzene rings is 1. The quantitative estimate of drug-likeness (QED) is 0.670. The first kappa shape index (κ1) is 16.8. The van der Waals surface area contributed by atoms with Gasteiger partial charge in [-0.25, -0.2) is 0 Å². The summed E-state index contributed by atoms with van der Waals surface area (Å²) in [6.07, 6.45) is 0.337. The van der Waals surface area contributed by atoms with Gasteiger partial charge in [0.25, 0.3) is 0 Å². The van der Waals surface area contributed by atoms with E-state index in [1.807, 2.05) is 13.0 Å². The van der Waals surface area contributed by atoms with Crippen molar-refractivity contribution >= 4 is 40.9 Å². The first-order valence-corrected chi connectivity index (χ1v) is 7.55. The summed E-state index contributed by atoms with van der Waals surface area (Å²) in [4.78, 5) is 22.2. The van der Waals surface area contributed by atoms with Crippen molar-refractivity contribution in [1.29, 1.82) is 0 Å². The average molecular weight is 317 g/mol. The number of aryl methyl sites for hydroxylation is 1. The molecular formula is C13H17ClN2O3S. The van der Waals surface area contributed by atoms with E-state index in [9.17, 15) is 9.59 Å². The maximum absolute atomic E-state index is 11.7. The van der Waals surface area contributed by atoms with E-state index in [-0.39, 0.29) is 11.7 Å². The van der Waals surface area contributed by atoms with Crippen LogP contribution in [0.2, 0.25) is 5.02 Å². The number of rotatable bonds is 7. The Morgan fingerprint density at radius 3 is 2.80 bits per heavy atom. The van der Waals surface area contributed by atoms with Crippen LogP contribution >= 0.6 is 23.4 Å². The van der Waals surface area contributed by atoms with E-state index < -0.39 is 12.0 Å². The van der Waals surface area contributed by atoms with Crippen molar-refractivity contribution in [3.8, 4) is 0 Å². The highest BCUT2D eigenvalue weighted by molar-refractivity contribution is 7.99. The number of carbonyl (C=O) groups is 2. The van der Waals surface area contributed by atoms with E-state index in [0.717, 1.165) is 5.56 Å². The molecule has 0 bridgehead atoms. The first-order valence-electron chi connectivity index (χ1n) is 6.02. The van der Waals surface area contributed by atoms with E-state index in [1.165, 1.54) is 11.8 Å². The van der Waals surface area contributed by atoms with Crippen molar-refractivity contribution in [1.82, 2.24) is 0 Å². The van der Waals surface area contributed by atoms with Crippen molar-refractivity contribution < 1.29 is 14.7 Å². The molecule has 0 fully saturated rings. The predicted molar refractivity (Wildman–Crippen MR) is 82.4 cm³/mol. The first-order chi connectivity index (χ1) is 9.40. The maximum atomic E-state index is 11.7. The molecule has 4 N–H and O–H groups in total. The van der Waals surface area contributed by atoms with E-state index in [2.05, 4.69) is 5.32 Å². The van der Waals surface area contributed by atoms with Crippen LogP contribution in [0.15, 0.2) is 18.2 Å². The van der Waals surface area contributed by atoms with Gasteiger partial charge in [-0.2, -0.15) is 11.8 Å². The van der Waals surface area contributed by atoms with Crippen molar-refractivity contribution in [2.45, 2.75) is 19.4 Å². The minimum atomic E-state index is -1.02. The Labute approximate surface area is 126 Å². The highest BCUT2D eigenvalue weighted by Crippen LogP contribution is 2.20. The summed E-state index contributed by atoms with van der Waals surface area (Å²) in [6, 6.07) is 4.43. The number of halogens is 1. The van der Waals surface area contributed by atoms with Gasteiger partial charge in [-0.1, -0.05) is 17.7 Å². The van der Waals surface area contributed by atoms with Gasteiger partial charge in [0, 0.05) is 10.7 Å². The summed E-state index contributed by atoms with van der Waals surface area (Å²) in [5.74, 6) is -0.406. The molecule has 0 saturated carbocycles. The van der Waals surface area contributed by atoms with Gasteiger partial charge in [-0.3, -0.25) is 9.59 Å². The molecule has 5 nitrogen and oxygen atoms in total. The number of nitrogens with two attached hydrogens (primary N) is 1. The van der Waals surface area contributed by atoms with Gasteiger partial charge in [0.15, 0.2) is 0 Å². The second-order valence-electron chi connectivity index (χ2n) is 4.30. The monoisotopic (exact) mass is 316 g/mol. The molecule has 1 unspecified atom stereocenters. The third-order valence-corrected chi connectivity index (χ3v) is 3.98. The molecule has 1 aromatic rings. The van der Waals surface area contributed by atoms with Crippen LogP contribution in [0.5, 0.6) is 0 Å². The Kier molecular flexibility index (Phi) is 6.84. The largest absolute Gasteiger partial charge is 0.480 e. The molecule has 20 heavy (non-hydrogen) atoms. The van der Waals surface area contributed by atoms with Crippen molar-refractivity contribution in [2.24, 2.45) is 5.73 Å². The standard InChI is InChI=1S/C13H17ClN2O3S/c1-8-2-3-9(6-10(8)14)16-12(17)7-20-5-4-11(15)13(18)19/h2-3,6,11H,4-5,7,15H2,1H3,(H,16,17)(H,18,19). The van der Waals surface area contributed by atoms with Gasteiger partial charge in [0.05, 0.1) is 5.75 Å². The molecule has 7 heteroatoms. The topological polar surface area (TPSA) is 92.4 Å². The number of thioether (sulfide) groups is 1. The Balaban J connectivity index is 2.30. The molecular weight excluding hydrogens is 300 g/mol. The van der Waals surface area contributed by atoms with Crippen LogP contribution in [0.4, 0.5) is 5.69 Å². The molecule has 1 amide bonds. The normalized spacial score (nSPS) is 11.9. The predicted octanol–water partition coefficient (Wildman–Crippen LogP) is 2.12. The molecule has 1 atom stereocenters. The molecule has 0 aliphatic heterocycles. The Hall–Kier alpha value is -1.24. The highest BCUT2D eigenvalue weighted by atomic mass is 35.5. The molecule has 0 heterocycles. The minimum absolute atomic E-state index is 0.154. The van der Waals surface area contributed by atoms with Crippen molar-refractivity contribution in [3.63, 3.8) is 0 Å². The molecule has 0 radical (unpaired) electrons. The third kappa shape index (κ3) is 5.81. The number of hydrogen-bond donors (Lipinski definition) is 3. The van der Waals surface area contributed by atoms with Crippen LogP contribution in [0.1, 0.15) is 12.0 Å². The number of amides is 1. The van der Waals surface area contributed by atoms with Gasteiger partial charge >= 0.3 is 5.97 Å². The number of carboxylic acid groups (broad SMARTS) is 1. The number of aliphatic carboxylic acids is 1. The number of nitrogens with one attached hydrogen (secondary N) is 1. The molecule has 110 valence electrons. The van der Waals surface area contributed by atoms with Crippen LogP contribution < -0.4 is 11.1 Å². The Bertz CT molecular complexity index is 497. The van der Waals surface area contributed by atoms with Crippen LogP contribution in [0, 0.1) is 6.92 Å². The van der Waals surface area contributed by atoms with Gasteiger partial charge in [0.2, 0.25) is 5.91 Å². The summed E-state index contributed by atoms with van der Waals surface area (Å²) in [6.45, 7) is 1.88. The highest BCUT2D eigenvalue weighted by Gasteiger charge is 2.11. The fourth-order valence-corrected chi connectivity index (χ4v) is 2.37. The zero-order chi connectivity index (χ0) is 15.1. The fourth-order valence-electron chi connectivity index (χ4n) is 1.37. The van der Waals surface area contributed by atoms with E-state index in [1.54, 1.807) is 12.1 Å². The fraction of sp³-hybridized carbons (Fsp3) is 0.385. The van der Waals surface area contributed by atoms with E-state index >= 15 is 0 Å². The van der Waals surface area contributed by atoms with Gasteiger partial charge in [-0.15, -0.1) is 0 Å². The molecule has 0 aliphatic rings. The number of carbonyl (C=O) groups excluding carboxylic acids is 1. The lowest BCUT2D eigenvalue weighted by atomic mass is 10.2. The number of carboxylic acids is 1. The summed E-state index contributed by atoms with van der Waals surface area (Å²) in [5.41, 5.74) is 6.95. The van der Waals surface area contributed by atoms with E-state index in [0.29, 0.717) is 22.9 Å². The zero-order valence-corrected chi connectivity index (χ0v) is 12.6. The van der Waals surface area contributed by atoms with Gasteiger partial charge < -0.3 is 16.2 Å². The molecule has 1 aromatic carbocycles. The zero-order valence-electron chi connectivity index (χ0n) is 11.1. The molecule has 0 saturated heterocycles. The van der Waals surface area contributed by atoms with Crippen LogP contribution in [0.3, 0.4) is 0 Å². The summed E-state index contributed by atoms with van der Waals surface area (Å²) < 4.78 is 0. The molecule has 0 aromatic heterocycles. The van der Waals surface area contributed by atoms with Crippen LogP contribution in [0.25, 0.3) is 0 Å². The lowest BCUT2D eigenvalue weighted by molar-refractivity contribution is -0.138. The van der Waals surface area contributed by atoms with Crippen LogP contribution in [-0.2, 0) is 9.59 Å². The second-order valence-corrected chi connectivity index (χ2v) is 5.81. The SMILES string of the molecule is Cc1ccc(NC(=O)CSCCC(N)C(=O)O)cc1Cl. The lowest BCUT2D eigenvalue weighted by Gasteiger charge is -2.08. The summed E-state index contributed by atoms with van der Waals surface area (Å²) in [7, 11) is 0. The average Bonchev–Trinajstić information content (AvgIpc) is 2.38. The molecule has 0 spiro atoms.